The number of piperidine rings is 1. The first-order valence-electron chi connectivity index (χ1n) is 8.37. The zero-order chi connectivity index (χ0) is 18.6. The van der Waals surface area contributed by atoms with Gasteiger partial charge in [-0.2, -0.15) is 0 Å². The number of thiazole rings is 1. The Balaban J connectivity index is 1.64. The van der Waals surface area contributed by atoms with E-state index in [9.17, 15) is 13.2 Å². The van der Waals surface area contributed by atoms with Crippen LogP contribution in [0.1, 0.15) is 25.0 Å². The number of anilines is 1. The van der Waals surface area contributed by atoms with Crippen LogP contribution in [-0.2, 0) is 21.2 Å². The predicted octanol–water partition coefficient (Wildman–Crippen LogP) is 2.51. The number of rotatable bonds is 6. The highest BCUT2D eigenvalue weighted by Crippen LogP contribution is 2.22. The molecule has 3 rings (SSSR count). The van der Waals surface area contributed by atoms with Gasteiger partial charge in [-0.25, -0.2) is 13.4 Å². The number of hydrogen-bond acceptors (Lipinski definition) is 6. The maximum Gasteiger partial charge on any atom is 0.263 e. The molecule has 7 nitrogen and oxygen atoms in total. The summed E-state index contributed by atoms with van der Waals surface area (Å²) in [5, 5.41) is 1.97. The quantitative estimate of drug-likeness (QED) is 0.812. The summed E-state index contributed by atoms with van der Waals surface area (Å²) in [6, 6.07) is 6.10. The Labute approximate surface area is 157 Å². The summed E-state index contributed by atoms with van der Waals surface area (Å²) in [5.74, 6) is 0.622. The number of ether oxygens (including phenoxy) is 1. The predicted molar refractivity (Wildman–Crippen MR) is 100 cm³/mol. The van der Waals surface area contributed by atoms with Gasteiger partial charge in [0, 0.05) is 18.5 Å². The monoisotopic (exact) mass is 395 g/mol. The topological polar surface area (TPSA) is 88.6 Å². The van der Waals surface area contributed by atoms with Gasteiger partial charge in [0.05, 0.1) is 24.1 Å². The highest BCUT2D eigenvalue weighted by Gasteiger charge is 2.20. The summed E-state index contributed by atoms with van der Waals surface area (Å²) in [6.07, 6.45) is 3.43. The van der Waals surface area contributed by atoms with Crippen LogP contribution in [0.3, 0.4) is 0 Å². The number of amides is 1. The van der Waals surface area contributed by atoms with Crippen molar-refractivity contribution in [1.29, 1.82) is 0 Å². The number of nitrogens with one attached hydrogen (secondary N) is 1. The number of hydrogen-bond donors (Lipinski definition) is 1. The van der Waals surface area contributed by atoms with Gasteiger partial charge in [0.1, 0.15) is 5.75 Å². The fourth-order valence-corrected chi connectivity index (χ4v) is 4.74. The number of methoxy groups -OCH3 is 1. The summed E-state index contributed by atoms with van der Waals surface area (Å²) in [5.41, 5.74) is 0.581. The molecule has 1 N–H and O–H groups in total. The molecule has 0 spiro atoms. The van der Waals surface area contributed by atoms with E-state index in [1.807, 2.05) is 4.90 Å². The van der Waals surface area contributed by atoms with E-state index in [4.69, 9.17) is 4.74 Å². The van der Waals surface area contributed by atoms with Crippen LogP contribution in [0, 0.1) is 0 Å². The zero-order valence-corrected chi connectivity index (χ0v) is 16.1. The average molecular weight is 396 g/mol. The molecule has 140 valence electrons. The first-order valence-corrected chi connectivity index (χ1v) is 10.7. The molecule has 1 aliphatic heterocycles. The Hall–Kier alpha value is -2.13. The summed E-state index contributed by atoms with van der Waals surface area (Å²) < 4.78 is 32.3. The Morgan fingerprint density at radius 3 is 2.58 bits per heavy atom. The van der Waals surface area contributed by atoms with Crippen LogP contribution >= 0.6 is 11.3 Å². The number of carbonyl (C=O) groups excluding carboxylic acids is 1. The molecule has 1 aliphatic rings. The van der Waals surface area contributed by atoms with Crippen LogP contribution < -0.4 is 9.46 Å². The molecule has 1 saturated heterocycles. The van der Waals surface area contributed by atoms with Gasteiger partial charge in [-0.05, 0) is 43.5 Å². The number of sulfonamides is 1. The smallest absolute Gasteiger partial charge is 0.263 e. The van der Waals surface area contributed by atoms with Crippen LogP contribution in [0.5, 0.6) is 5.75 Å². The fraction of sp³-hybridized carbons (Fsp3) is 0.412. The normalized spacial score (nSPS) is 14.9. The standard InChI is InChI=1S/C17H21N3O4S2/c1-24-14-5-7-15(8-6-14)26(22,23)19-17-18-13(12-25-17)11-16(21)20-9-3-2-4-10-20/h5-8,12H,2-4,9-11H2,1H3,(H,18,19). The van der Waals surface area contributed by atoms with Crippen molar-refractivity contribution in [3.63, 3.8) is 0 Å². The average Bonchev–Trinajstić information content (AvgIpc) is 3.08. The molecule has 1 aromatic carbocycles. The molecule has 0 saturated carbocycles. The van der Waals surface area contributed by atoms with E-state index in [0.717, 1.165) is 32.4 Å². The second-order valence-corrected chi connectivity index (χ2v) is 8.58. The lowest BCUT2D eigenvalue weighted by Gasteiger charge is -2.26. The summed E-state index contributed by atoms with van der Waals surface area (Å²) in [4.78, 5) is 18.5. The van der Waals surface area contributed by atoms with Gasteiger partial charge in [0.2, 0.25) is 5.91 Å². The highest BCUT2D eigenvalue weighted by atomic mass is 32.2. The third-order valence-electron chi connectivity index (χ3n) is 4.18. The highest BCUT2D eigenvalue weighted by molar-refractivity contribution is 7.93. The maximum atomic E-state index is 12.4. The number of benzene rings is 1. The lowest BCUT2D eigenvalue weighted by Crippen LogP contribution is -2.36. The number of aromatic nitrogens is 1. The Morgan fingerprint density at radius 1 is 1.23 bits per heavy atom. The Bertz CT molecular complexity index is 856. The summed E-state index contributed by atoms with van der Waals surface area (Å²) in [6.45, 7) is 1.58. The van der Waals surface area contributed by atoms with E-state index in [-0.39, 0.29) is 22.4 Å². The second-order valence-electron chi connectivity index (χ2n) is 6.04. The van der Waals surface area contributed by atoms with Crippen LogP contribution in [0.2, 0.25) is 0 Å². The van der Waals surface area contributed by atoms with Gasteiger partial charge in [0.25, 0.3) is 10.0 Å². The lowest BCUT2D eigenvalue weighted by molar-refractivity contribution is -0.131. The lowest BCUT2D eigenvalue weighted by atomic mass is 10.1. The third-order valence-corrected chi connectivity index (χ3v) is 6.47. The third kappa shape index (κ3) is 4.53. The molecule has 2 aromatic rings. The van der Waals surface area contributed by atoms with E-state index in [1.165, 1.54) is 30.6 Å². The first-order chi connectivity index (χ1) is 12.5. The van der Waals surface area contributed by atoms with Gasteiger partial charge in [-0.3, -0.25) is 9.52 Å². The minimum absolute atomic E-state index is 0.0413. The van der Waals surface area contributed by atoms with Crippen LogP contribution in [0.4, 0.5) is 5.13 Å². The van der Waals surface area contributed by atoms with Crippen molar-refractivity contribution in [2.24, 2.45) is 0 Å². The minimum atomic E-state index is -3.73. The van der Waals surface area contributed by atoms with E-state index in [2.05, 4.69) is 9.71 Å². The van der Waals surface area contributed by atoms with Gasteiger partial charge in [-0.15, -0.1) is 11.3 Å². The molecule has 0 radical (unpaired) electrons. The largest absolute Gasteiger partial charge is 0.497 e. The SMILES string of the molecule is COc1ccc(S(=O)(=O)Nc2nc(CC(=O)N3CCCCC3)cs2)cc1. The molecule has 1 amide bonds. The Morgan fingerprint density at radius 2 is 1.92 bits per heavy atom. The first kappa shape index (κ1) is 18.7. The molecule has 0 unspecified atom stereocenters. The molecule has 2 heterocycles. The molecule has 0 aliphatic carbocycles. The molecule has 0 bridgehead atoms. The number of carbonyl (C=O) groups is 1. The van der Waals surface area contributed by atoms with Crippen molar-refractivity contribution in [3.05, 3.63) is 35.3 Å². The Kier molecular flexibility index (Phi) is 5.77. The molecule has 1 aromatic heterocycles. The van der Waals surface area contributed by atoms with Crippen molar-refractivity contribution in [1.82, 2.24) is 9.88 Å². The van der Waals surface area contributed by atoms with Gasteiger partial charge >= 0.3 is 0 Å². The van der Waals surface area contributed by atoms with Crippen molar-refractivity contribution in [2.75, 3.05) is 24.9 Å². The summed E-state index contributed by atoms with van der Waals surface area (Å²) in [7, 11) is -2.21. The maximum absolute atomic E-state index is 12.4. The molecule has 26 heavy (non-hydrogen) atoms. The minimum Gasteiger partial charge on any atom is -0.497 e. The fourth-order valence-electron chi connectivity index (χ4n) is 2.77. The molecule has 0 atom stereocenters. The van der Waals surface area contributed by atoms with Crippen LogP contribution in [0.25, 0.3) is 0 Å². The van der Waals surface area contributed by atoms with E-state index >= 15 is 0 Å². The van der Waals surface area contributed by atoms with Gasteiger partial charge < -0.3 is 9.64 Å². The van der Waals surface area contributed by atoms with Gasteiger partial charge in [-0.1, -0.05) is 0 Å². The van der Waals surface area contributed by atoms with Crippen molar-refractivity contribution in [3.8, 4) is 5.75 Å². The molecular weight excluding hydrogens is 374 g/mol. The van der Waals surface area contributed by atoms with Gasteiger partial charge in [0.15, 0.2) is 5.13 Å². The van der Waals surface area contributed by atoms with Crippen LogP contribution in [-0.4, -0.2) is 44.4 Å². The number of likely N-dealkylation sites (tertiary alicyclic amines) is 1. The van der Waals surface area contributed by atoms with Crippen molar-refractivity contribution < 1.29 is 17.9 Å². The van der Waals surface area contributed by atoms with Crippen molar-refractivity contribution in [2.45, 2.75) is 30.6 Å². The zero-order valence-electron chi connectivity index (χ0n) is 14.5. The number of nitrogens with zero attached hydrogens (tertiary/aromatic N) is 2. The second kappa shape index (κ2) is 8.05. The summed E-state index contributed by atoms with van der Waals surface area (Å²) >= 11 is 1.17. The van der Waals surface area contributed by atoms with E-state index < -0.39 is 10.0 Å². The van der Waals surface area contributed by atoms with E-state index in [0.29, 0.717) is 11.4 Å². The molecular formula is C17H21N3O4S2. The van der Waals surface area contributed by atoms with Crippen molar-refractivity contribution >= 4 is 32.4 Å². The molecule has 1 fully saturated rings. The van der Waals surface area contributed by atoms with E-state index in [1.54, 1.807) is 17.5 Å². The van der Waals surface area contributed by atoms with Crippen LogP contribution in [0.15, 0.2) is 34.5 Å². The molecule has 9 heteroatoms.